The van der Waals surface area contributed by atoms with Gasteiger partial charge in [0.05, 0.1) is 0 Å². The van der Waals surface area contributed by atoms with Crippen molar-refractivity contribution in [1.82, 2.24) is 0 Å². The number of fused-ring (bicyclic) bond motifs is 1. The first kappa shape index (κ1) is 6.88. The molecule has 0 aliphatic heterocycles. The van der Waals surface area contributed by atoms with Crippen LogP contribution in [0.15, 0.2) is 11.6 Å². The summed E-state index contributed by atoms with van der Waals surface area (Å²) in [6, 6.07) is 0. The van der Waals surface area contributed by atoms with E-state index >= 15 is 0 Å². The number of carbonyl (C=O) groups excluding carboxylic acids is 1. The van der Waals surface area contributed by atoms with Crippen LogP contribution in [0, 0.1) is 17.8 Å². The molecule has 0 N–H and O–H groups in total. The van der Waals surface area contributed by atoms with E-state index in [1.165, 1.54) is 24.8 Å². The Bertz CT molecular complexity index is 260. The Hall–Kier alpha value is -0.590. The minimum absolute atomic E-state index is 0.402. The molecule has 0 amide bonds. The first-order valence-corrected chi connectivity index (χ1v) is 5.10. The molecular formula is C11H14O. The number of Topliss-reactive ketones (excluding diaryl/α,β-unsaturated/α-hetero) is 1. The fourth-order valence-corrected chi connectivity index (χ4v) is 2.50. The largest absolute Gasteiger partial charge is 0.299 e. The van der Waals surface area contributed by atoms with E-state index in [1.54, 1.807) is 0 Å². The number of hydrogen-bond acceptors (Lipinski definition) is 1. The van der Waals surface area contributed by atoms with Gasteiger partial charge in [-0.25, -0.2) is 0 Å². The topological polar surface area (TPSA) is 17.1 Å². The normalized spacial score (nSPS) is 43.0. The van der Waals surface area contributed by atoms with Crippen molar-refractivity contribution in [3.8, 4) is 0 Å². The highest BCUT2D eigenvalue weighted by Crippen LogP contribution is 2.54. The Balaban J connectivity index is 1.79. The van der Waals surface area contributed by atoms with E-state index < -0.39 is 0 Å². The summed E-state index contributed by atoms with van der Waals surface area (Å²) in [5, 5.41) is 0. The van der Waals surface area contributed by atoms with Crippen LogP contribution >= 0.6 is 0 Å². The molecular weight excluding hydrogens is 148 g/mol. The van der Waals surface area contributed by atoms with E-state index in [0.29, 0.717) is 17.6 Å². The van der Waals surface area contributed by atoms with Crippen LogP contribution in [0.5, 0.6) is 0 Å². The monoisotopic (exact) mass is 162 g/mol. The summed E-state index contributed by atoms with van der Waals surface area (Å²) in [6.07, 6.45) is 8.42. The van der Waals surface area contributed by atoms with Gasteiger partial charge in [0.2, 0.25) is 0 Å². The van der Waals surface area contributed by atoms with Gasteiger partial charge in [-0.2, -0.15) is 0 Å². The number of allylic oxidation sites excluding steroid dienone is 2. The van der Waals surface area contributed by atoms with Crippen LogP contribution in [0.4, 0.5) is 0 Å². The van der Waals surface area contributed by atoms with E-state index in [9.17, 15) is 4.79 Å². The highest BCUT2D eigenvalue weighted by molar-refractivity contribution is 5.90. The van der Waals surface area contributed by atoms with Gasteiger partial charge in [0.1, 0.15) is 5.78 Å². The Labute approximate surface area is 72.8 Å². The van der Waals surface area contributed by atoms with Crippen LogP contribution in [0.3, 0.4) is 0 Å². The van der Waals surface area contributed by atoms with Gasteiger partial charge in [-0.1, -0.05) is 11.6 Å². The van der Waals surface area contributed by atoms with Crippen molar-refractivity contribution in [1.29, 1.82) is 0 Å². The maximum Gasteiger partial charge on any atom is 0.140 e. The summed E-state index contributed by atoms with van der Waals surface area (Å²) in [6.45, 7) is 0. The van der Waals surface area contributed by atoms with Crippen molar-refractivity contribution in [2.24, 2.45) is 17.8 Å². The quantitative estimate of drug-likeness (QED) is 0.541. The van der Waals surface area contributed by atoms with Gasteiger partial charge in [0.15, 0.2) is 0 Å². The number of carbonyl (C=O) groups is 1. The summed E-state index contributed by atoms with van der Waals surface area (Å²) in [4.78, 5) is 11.4. The average Bonchev–Trinajstić information content (AvgIpc) is 2.91. The molecule has 3 rings (SSSR count). The highest BCUT2D eigenvalue weighted by atomic mass is 16.1. The van der Waals surface area contributed by atoms with Crippen molar-refractivity contribution in [3.05, 3.63) is 11.6 Å². The third-order valence-electron chi connectivity index (χ3n) is 3.42. The Kier molecular flexibility index (Phi) is 1.27. The molecule has 1 nitrogen and oxygen atoms in total. The molecule has 0 spiro atoms. The second kappa shape index (κ2) is 2.21. The van der Waals surface area contributed by atoms with Crippen molar-refractivity contribution >= 4 is 5.78 Å². The molecule has 3 aliphatic rings. The lowest BCUT2D eigenvalue weighted by molar-refractivity contribution is -0.121. The third-order valence-corrected chi connectivity index (χ3v) is 3.42. The molecule has 0 heterocycles. The number of ketones is 1. The van der Waals surface area contributed by atoms with Gasteiger partial charge in [-0.3, -0.25) is 4.79 Å². The molecule has 2 atom stereocenters. The molecule has 3 saturated carbocycles. The van der Waals surface area contributed by atoms with Crippen molar-refractivity contribution in [2.45, 2.75) is 32.1 Å². The summed E-state index contributed by atoms with van der Waals surface area (Å²) >= 11 is 0. The lowest BCUT2D eigenvalue weighted by Gasteiger charge is -2.03. The average molecular weight is 162 g/mol. The zero-order chi connectivity index (χ0) is 8.13. The third kappa shape index (κ3) is 0.954. The van der Waals surface area contributed by atoms with Crippen LogP contribution < -0.4 is 0 Å². The van der Waals surface area contributed by atoms with Gasteiger partial charge < -0.3 is 0 Å². The van der Waals surface area contributed by atoms with Gasteiger partial charge in [0, 0.05) is 12.3 Å². The smallest absolute Gasteiger partial charge is 0.140 e. The molecule has 0 aromatic carbocycles. The Morgan fingerprint density at radius 1 is 1.25 bits per heavy atom. The summed E-state index contributed by atoms with van der Waals surface area (Å²) in [7, 11) is 0. The van der Waals surface area contributed by atoms with Crippen LogP contribution in [-0.4, -0.2) is 5.78 Å². The molecule has 0 aromatic rings. The summed E-state index contributed by atoms with van der Waals surface area (Å²) in [5.74, 6) is 2.49. The van der Waals surface area contributed by atoms with Crippen molar-refractivity contribution in [3.63, 3.8) is 0 Å². The van der Waals surface area contributed by atoms with Crippen LogP contribution in [0.25, 0.3) is 0 Å². The van der Waals surface area contributed by atoms with E-state index in [-0.39, 0.29) is 0 Å². The fraction of sp³-hybridized carbons (Fsp3) is 0.727. The van der Waals surface area contributed by atoms with Gasteiger partial charge in [0.25, 0.3) is 0 Å². The zero-order valence-electron chi connectivity index (χ0n) is 7.25. The van der Waals surface area contributed by atoms with Crippen LogP contribution in [-0.2, 0) is 4.79 Å². The molecule has 3 aliphatic carbocycles. The van der Waals surface area contributed by atoms with Gasteiger partial charge in [-0.15, -0.1) is 0 Å². The molecule has 0 radical (unpaired) electrons. The SMILES string of the molecule is O=C1CCCC2/C(=C/C3CC3)C12. The van der Waals surface area contributed by atoms with E-state index in [4.69, 9.17) is 0 Å². The predicted molar refractivity (Wildman–Crippen MR) is 46.6 cm³/mol. The van der Waals surface area contributed by atoms with Gasteiger partial charge >= 0.3 is 0 Å². The molecule has 1 heteroatoms. The molecule has 3 fully saturated rings. The molecule has 12 heavy (non-hydrogen) atoms. The molecule has 0 saturated heterocycles. The van der Waals surface area contributed by atoms with Gasteiger partial charge in [-0.05, 0) is 37.5 Å². The second-order valence-corrected chi connectivity index (χ2v) is 4.45. The number of hydrogen-bond donors (Lipinski definition) is 0. The first-order chi connectivity index (χ1) is 5.86. The minimum Gasteiger partial charge on any atom is -0.299 e. The maximum absolute atomic E-state index is 11.4. The summed E-state index contributed by atoms with van der Waals surface area (Å²) in [5.41, 5.74) is 1.51. The highest BCUT2D eigenvalue weighted by Gasteiger charge is 2.50. The fourth-order valence-electron chi connectivity index (χ4n) is 2.50. The lowest BCUT2D eigenvalue weighted by atomic mass is 10.00. The molecule has 64 valence electrons. The van der Waals surface area contributed by atoms with Crippen molar-refractivity contribution in [2.75, 3.05) is 0 Å². The van der Waals surface area contributed by atoms with E-state index in [0.717, 1.165) is 18.8 Å². The number of rotatable bonds is 1. The van der Waals surface area contributed by atoms with Crippen molar-refractivity contribution < 1.29 is 4.79 Å². The molecule has 2 unspecified atom stereocenters. The second-order valence-electron chi connectivity index (χ2n) is 4.45. The molecule has 0 aromatic heterocycles. The molecule has 0 bridgehead atoms. The zero-order valence-corrected chi connectivity index (χ0v) is 7.25. The van der Waals surface area contributed by atoms with E-state index in [2.05, 4.69) is 6.08 Å². The van der Waals surface area contributed by atoms with E-state index in [1.807, 2.05) is 0 Å². The van der Waals surface area contributed by atoms with Crippen LogP contribution in [0.2, 0.25) is 0 Å². The lowest BCUT2D eigenvalue weighted by Crippen LogP contribution is -2.07. The first-order valence-electron chi connectivity index (χ1n) is 5.10. The minimum atomic E-state index is 0.402. The summed E-state index contributed by atoms with van der Waals surface area (Å²) < 4.78 is 0. The Morgan fingerprint density at radius 2 is 2.08 bits per heavy atom. The predicted octanol–water partition coefficient (Wildman–Crippen LogP) is 2.32. The Morgan fingerprint density at radius 3 is 2.75 bits per heavy atom. The standard InChI is InChI=1S/C11H14O/c12-10-3-1-2-8-9(11(8)10)6-7-4-5-7/h6-8,11H,1-5H2/b9-6-. The maximum atomic E-state index is 11.4. The van der Waals surface area contributed by atoms with Crippen LogP contribution in [0.1, 0.15) is 32.1 Å².